The van der Waals surface area contributed by atoms with E-state index >= 15 is 0 Å². The molecule has 0 spiro atoms. The van der Waals surface area contributed by atoms with Crippen molar-refractivity contribution >= 4 is 23.4 Å². The third-order valence-corrected chi connectivity index (χ3v) is 3.16. The van der Waals surface area contributed by atoms with Crippen molar-refractivity contribution in [2.24, 2.45) is 5.92 Å². The Kier molecular flexibility index (Phi) is 5.78. The van der Waals surface area contributed by atoms with Gasteiger partial charge in [0.2, 0.25) is 0 Å². The van der Waals surface area contributed by atoms with Crippen LogP contribution in [0.4, 0.5) is 5.69 Å². The zero-order valence-electron chi connectivity index (χ0n) is 10.5. The molecule has 0 fully saturated rings. The molecule has 0 bridgehead atoms. The number of carboxylic acids is 1. The highest BCUT2D eigenvalue weighted by molar-refractivity contribution is 8.03. The molecule has 1 aromatic carbocycles. The third-order valence-electron chi connectivity index (χ3n) is 2.56. The largest absolute Gasteiger partial charge is 0.481 e. The van der Waals surface area contributed by atoms with Crippen LogP contribution in [0, 0.1) is 28.9 Å². The Balaban J connectivity index is 2.84. The number of hydrogen-bond donors (Lipinski definition) is 1. The second kappa shape index (κ2) is 7.35. The maximum absolute atomic E-state index is 10.9. The molecule has 1 aromatic rings. The molecule has 0 saturated carbocycles. The van der Waals surface area contributed by atoms with Crippen molar-refractivity contribution in [2.45, 2.75) is 11.8 Å². The fourth-order valence-electron chi connectivity index (χ4n) is 1.56. The van der Waals surface area contributed by atoms with Crippen molar-refractivity contribution in [3.05, 3.63) is 24.3 Å². The van der Waals surface area contributed by atoms with Gasteiger partial charge >= 0.3 is 5.97 Å². The summed E-state index contributed by atoms with van der Waals surface area (Å²) < 4.78 is 0. The number of nitriles is 1. The Labute approximate surface area is 117 Å². The zero-order valence-corrected chi connectivity index (χ0v) is 11.4. The molecular weight excluding hydrogens is 260 g/mol. The Morgan fingerprint density at radius 2 is 2.16 bits per heavy atom. The lowest BCUT2D eigenvalue weighted by Gasteiger charge is -2.24. The number of rotatable bonds is 6. The van der Waals surface area contributed by atoms with Gasteiger partial charge in [0, 0.05) is 17.1 Å². The maximum Gasteiger partial charge on any atom is 0.308 e. The third kappa shape index (κ3) is 4.57. The van der Waals surface area contributed by atoms with Gasteiger partial charge in [-0.15, -0.1) is 6.42 Å². The first-order valence-corrected chi connectivity index (χ1v) is 6.47. The molecule has 0 saturated heterocycles. The van der Waals surface area contributed by atoms with Crippen LogP contribution in [0.3, 0.4) is 0 Å². The van der Waals surface area contributed by atoms with Crippen molar-refractivity contribution in [1.82, 2.24) is 0 Å². The molecule has 1 rings (SSSR count). The molecule has 0 aliphatic carbocycles. The Morgan fingerprint density at radius 3 is 2.63 bits per heavy atom. The number of carboxylic acid groups (broad SMARTS) is 1. The summed E-state index contributed by atoms with van der Waals surface area (Å²) in [7, 11) is 0. The average molecular weight is 274 g/mol. The Hall–Kier alpha value is -2.11. The van der Waals surface area contributed by atoms with Crippen LogP contribution < -0.4 is 4.90 Å². The summed E-state index contributed by atoms with van der Waals surface area (Å²) in [6, 6.07) is 7.31. The van der Waals surface area contributed by atoms with E-state index in [1.807, 2.05) is 34.6 Å². The normalized spacial score (nSPS) is 11.1. The van der Waals surface area contributed by atoms with Crippen LogP contribution in [0.2, 0.25) is 0 Å². The first-order valence-electron chi connectivity index (χ1n) is 5.65. The SMILES string of the molecule is C#CCN(CC(C)C(=O)O)c1ccc(SC#N)cc1. The molecule has 1 unspecified atom stereocenters. The number of hydrogen-bond acceptors (Lipinski definition) is 4. The van der Waals surface area contributed by atoms with Gasteiger partial charge in [-0.1, -0.05) is 12.8 Å². The van der Waals surface area contributed by atoms with Gasteiger partial charge in [-0.3, -0.25) is 4.79 Å². The van der Waals surface area contributed by atoms with E-state index in [2.05, 4.69) is 5.92 Å². The number of anilines is 1. The van der Waals surface area contributed by atoms with Crippen LogP contribution in [0.1, 0.15) is 6.92 Å². The summed E-state index contributed by atoms with van der Waals surface area (Å²) in [5.41, 5.74) is 0.855. The number of terminal acetylenes is 1. The number of benzene rings is 1. The lowest BCUT2D eigenvalue weighted by atomic mass is 10.1. The first kappa shape index (κ1) is 14.9. The fourth-order valence-corrected chi connectivity index (χ4v) is 1.94. The summed E-state index contributed by atoms with van der Waals surface area (Å²) in [4.78, 5) is 13.6. The maximum atomic E-state index is 10.9. The second-order valence-electron chi connectivity index (χ2n) is 4.01. The first-order chi connectivity index (χ1) is 9.08. The lowest BCUT2D eigenvalue weighted by molar-refractivity contribution is -0.140. The van der Waals surface area contributed by atoms with Gasteiger partial charge in [0.1, 0.15) is 5.40 Å². The minimum absolute atomic E-state index is 0.350. The molecular formula is C14H14N2O2S. The highest BCUT2D eigenvalue weighted by Gasteiger charge is 2.16. The van der Waals surface area contributed by atoms with E-state index in [1.165, 1.54) is 0 Å². The van der Waals surface area contributed by atoms with Crippen molar-refractivity contribution in [1.29, 1.82) is 5.26 Å². The van der Waals surface area contributed by atoms with E-state index in [1.54, 1.807) is 6.92 Å². The topological polar surface area (TPSA) is 64.3 Å². The van der Waals surface area contributed by atoms with E-state index in [4.69, 9.17) is 16.8 Å². The summed E-state index contributed by atoms with van der Waals surface area (Å²) in [6.45, 7) is 2.35. The molecule has 0 amide bonds. The van der Waals surface area contributed by atoms with Crippen molar-refractivity contribution in [3.63, 3.8) is 0 Å². The van der Waals surface area contributed by atoms with Crippen molar-refractivity contribution in [2.75, 3.05) is 18.0 Å². The van der Waals surface area contributed by atoms with Crippen LogP contribution in [-0.4, -0.2) is 24.2 Å². The van der Waals surface area contributed by atoms with Crippen LogP contribution in [0.15, 0.2) is 29.2 Å². The number of nitrogens with zero attached hydrogens (tertiary/aromatic N) is 2. The molecule has 1 atom stereocenters. The summed E-state index contributed by atoms with van der Waals surface area (Å²) in [5.74, 6) is 1.18. The molecule has 5 heteroatoms. The average Bonchev–Trinajstić information content (AvgIpc) is 2.39. The highest BCUT2D eigenvalue weighted by atomic mass is 32.2. The highest BCUT2D eigenvalue weighted by Crippen LogP contribution is 2.22. The van der Waals surface area contributed by atoms with Gasteiger partial charge in [-0.05, 0) is 36.0 Å². The zero-order chi connectivity index (χ0) is 14.3. The second-order valence-corrected chi connectivity index (χ2v) is 4.87. The number of carbonyl (C=O) groups is 1. The summed E-state index contributed by atoms with van der Waals surface area (Å²) in [5, 5.41) is 19.5. The number of thioether (sulfide) groups is 1. The van der Waals surface area contributed by atoms with Crippen LogP contribution in [0.5, 0.6) is 0 Å². The minimum Gasteiger partial charge on any atom is -0.481 e. The standard InChI is InChI=1S/C14H14N2O2S/c1-3-8-16(9-11(2)14(17)18)12-4-6-13(7-5-12)19-10-15/h1,4-7,11H,8-9H2,2H3,(H,17,18). The van der Waals surface area contributed by atoms with Crippen LogP contribution in [-0.2, 0) is 4.79 Å². The minimum atomic E-state index is -0.848. The quantitative estimate of drug-likeness (QED) is 0.490. The Morgan fingerprint density at radius 1 is 1.53 bits per heavy atom. The molecule has 1 N–H and O–H groups in total. The smallest absolute Gasteiger partial charge is 0.308 e. The Bertz CT molecular complexity index is 514. The van der Waals surface area contributed by atoms with E-state index in [9.17, 15) is 4.79 Å². The van der Waals surface area contributed by atoms with Gasteiger partial charge in [-0.2, -0.15) is 5.26 Å². The van der Waals surface area contributed by atoms with E-state index in [0.29, 0.717) is 13.1 Å². The molecule has 0 heterocycles. The lowest BCUT2D eigenvalue weighted by Crippen LogP contribution is -2.32. The van der Waals surface area contributed by atoms with Gasteiger partial charge < -0.3 is 10.0 Å². The van der Waals surface area contributed by atoms with Gasteiger partial charge in [0.15, 0.2) is 0 Å². The molecule has 0 radical (unpaired) electrons. The monoisotopic (exact) mass is 274 g/mol. The predicted molar refractivity (Wildman–Crippen MR) is 75.8 cm³/mol. The summed E-state index contributed by atoms with van der Waals surface area (Å²) in [6.07, 6.45) is 5.31. The summed E-state index contributed by atoms with van der Waals surface area (Å²) >= 11 is 1.08. The van der Waals surface area contributed by atoms with Crippen LogP contribution >= 0.6 is 11.8 Å². The van der Waals surface area contributed by atoms with Crippen LogP contribution in [0.25, 0.3) is 0 Å². The van der Waals surface area contributed by atoms with Gasteiger partial charge in [0.05, 0.1) is 12.5 Å². The predicted octanol–water partition coefficient (Wildman–Crippen LogP) is 2.42. The number of thiocyanates is 1. The van der Waals surface area contributed by atoms with E-state index < -0.39 is 11.9 Å². The van der Waals surface area contributed by atoms with E-state index in [0.717, 1.165) is 22.3 Å². The van der Waals surface area contributed by atoms with E-state index in [-0.39, 0.29) is 0 Å². The van der Waals surface area contributed by atoms with Gasteiger partial charge in [-0.25, -0.2) is 0 Å². The number of aliphatic carboxylic acids is 1. The molecule has 4 nitrogen and oxygen atoms in total. The van der Waals surface area contributed by atoms with Gasteiger partial charge in [0.25, 0.3) is 0 Å². The molecule has 98 valence electrons. The fraction of sp³-hybridized carbons (Fsp3) is 0.286. The molecule has 0 aromatic heterocycles. The van der Waals surface area contributed by atoms with Crippen molar-refractivity contribution < 1.29 is 9.90 Å². The molecule has 0 aliphatic rings. The molecule has 0 aliphatic heterocycles. The van der Waals surface area contributed by atoms with Crippen molar-refractivity contribution in [3.8, 4) is 17.7 Å². The molecule has 19 heavy (non-hydrogen) atoms.